The Labute approximate surface area is 112 Å². The summed E-state index contributed by atoms with van der Waals surface area (Å²) in [5.74, 6) is -0.537. The number of rotatable bonds is 3. The lowest BCUT2D eigenvalue weighted by atomic mass is 10.1. The third-order valence-electron chi connectivity index (χ3n) is 2.11. The van der Waals surface area contributed by atoms with Crippen LogP contribution in [0.25, 0.3) is 6.08 Å². The van der Waals surface area contributed by atoms with Gasteiger partial charge in [-0.05, 0) is 39.7 Å². The number of phenols is 1. The molecule has 1 rings (SSSR count). The maximum Gasteiger partial charge on any atom is 0.348 e. The number of hydrogen-bond donors (Lipinski definition) is 1. The summed E-state index contributed by atoms with van der Waals surface area (Å²) < 4.78 is 9.82. The highest BCUT2D eigenvalue weighted by Gasteiger charge is 2.11. The molecule has 1 aromatic carbocycles. The predicted molar refractivity (Wildman–Crippen MR) is 68.0 cm³/mol. The topological polar surface area (TPSA) is 79.6 Å². The number of methoxy groups -OCH3 is 2. The van der Waals surface area contributed by atoms with Gasteiger partial charge in [0.1, 0.15) is 11.6 Å². The quantitative estimate of drug-likeness (QED) is 0.526. The minimum absolute atomic E-state index is 0.0498. The zero-order valence-electron chi connectivity index (χ0n) is 9.73. The fourth-order valence-electron chi connectivity index (χ4n) is 1.25. The molecule has 0 aliphatic heterocycles. The first-order chi connectivity index (χ1) is 8.53. The second-order valence-corrected chi connectivity index (χ2v) is 4.07. The van der Waals surface area contributed by atoms with Gasteiger partial charge in [-0.3, -0.25) is 0 Å². The molecule has 6 heteroatoms. The summed E-state index contributed by atoms with van der Waals surface area (Å²) in [4.78, 5) is 11.2. The second kappa shape index (κ2) is 6.07. The van der Waals surface area contributed by atoms with Gasteiger partial charge in [0.15, 0.2) is 11.5 Å². The number of halogens is 1. The first kappa shape index (κ1) is 14.1. The highest BCUT2D eigenvalue weighted by molar-refractivity contribution is 9.10. The van der Waals surface area contributed by atoms with Gasteiger partial charge in [0.25, 0.3) is 0 Å². The smallest absolute Gasteiger partial charge is 0.348 e. The van der Waals surface area contributed by atoms with Crippen molar-refractivity contribution in [1.82, 2.24) is 0 Å². The third kappa shape index (κ3) is 3.02. The Morgan fingerprint density at radius 1 is 1.50 bits per heavy atom. The second-order valence-electron chi connectivity index (χ2n) is 3.21. The van der Waals surface area contributed by atoms with Gasteiger partial charge in [0, 0.05) is 0 Å². The van der Waals surface area contributed by atoms with Gasteiger partial charge in [0.05, 0.1) is 18.7 Å². The van der Waals surface area contributed by atoms with Crippen molar-refractivity contribution < 1.29 is 19.4 Å². The molecule has 0 radical (unpaired) electrons. The van der Waals surface area contributed by atoms with E-state index in [0.717, 1.165) is 0 Å². The number of ether oxygens (including phenoxy) is 2. The molecular weight excluding hydrogens is 302 g/mol. The van der Waals surface area contributed by atoms with Crippen molar-refractivity contribution in [2.24, 2.45) is 0 Å². The Morgan fingerprint density at radius 2 is 2.17 bits per heavy atom. The average molecular weight is 312 g/mol. The molecule has 5 nitrogen and oxygen atoms in total. The van der Waals surface area contributed by atoms with Crippen molar-refractivity contribution in [3.05, 3.63) is 27.7 Å². The van der Waals surface area contributed by atoms with E-state index in [4.69, 9.17) is 10.00 Å². The van der Waals surface area contributed by atoms with Gasteiger partial charge in [0.2, 0.25) is 0 Å². The van der Waals surface area contributed by atoms with Crippen LogP contribution in [0.3, 0.4) is 0 Å². The fraction of sp³-hybridized carbons (Fsp3) is 0.167. The number of carbonyl (C=O) groups is 1. The molecular formula is C12H10BrNO4. The third-order valence-corrected chi connectivity index (χ3v) is 2.71. The first-order valence-electron chi connectivity index (χ1n) is 4.80. The normalized spacial score (nSPS) is 10.7. The zero-order chi connectivity index (χ0) is 13.7. The largest absolute Gasteiger partial charge is 0.503 e. The van der Waals surface area contributed by atoms with Crippen molar-refractivity contribution in [3.8, 4) is 17.6 Å². The molecule has 0 aliphatic carbocycles. The van der Waals surface area contributed by atoms with E-state index < -0.39 is 5.97 Å². The lowest BCUT2D eigenvalue weighted by Gasteiger charge is -2.06. The van der Waals surface area contributed by atoms with E-state index in [2.05, 4.69) is 20.7 Å². The number of carbonyl (C=O) groups excluding carboxylic acids is 1. The Hall–Kier alpha value is -2.00. The number of nitrogens with zero attached hydrogens (tertiary/aromatic N) is 1. The zero-order valence-corrected chi connectivity index (χ0v) is 11.3. The van der Waals surface area contributed by atoms with Crippen molar-refractivity contribution >= 4 is 28.0 Å². The Kier molecular flexibility index (Phi) is 4.75. The van der Waals surface area contributed by atoms with Gasteiger partial charge in [-0.2, -0.15) is 5.26 Å². The highest BCUT2D eigenvalue weighted by Crippen LogP contribution is 2.35. The van der Waals surface area contributed by atoms with Crippen molar-refractivity contribution in [2.75, 3.05) is 14.2 Å². The molecule has 0 saturated heterocycles. The SMILES string of the molecule is COC(=O)/C(C#N)=C/c1cc(Br)c(O)c(OC)c1. The van der Waals surface area contributed by atoms with Gasteiger partial charge < -0.3 is 14.6 Å². The van der Waals surface area contributed by atoms with E-state index in [9.17, 15) is 9.90 Å². The molecule has 94 valence electrons. The Bertz CT molecular complexity index is 546. The highest BCUT2D eigenvalue weighted by atomic mass is 79.9. The van der Waals surface area contributed by atoms with Crippen LogP contribution in [0.2, 0.25) is 0 Å². The predicted octanol–water partition coefficient (Wildman–Crippen LogP) is 2.24. The van der Waals surface area contributed by atoms with Crippen LogP contribution >= 0.6 is 15.9 Å². The van der Waals surface area contributed by atoms with Gasteiger partial charge in [-0.15, -0.1) is 0 Å². The molecule has 0 unspecified atom stereocenters. The van der Waals surface area contributed by atoms with E-state index in [1.165, 1.54) is 26.4 Å². The molecule has 0 aliphatic rings. The molecule has 0 fully saturated rings. The number of phenolic OH excluding ortho intramolecular Hbond substituents is 1. The van der Waals surface area contributed by atoms with Gasteiger partial charge >= 0.3 is 5.97 Å². The Balaban J connectivity index is 3.27. The standard InChI is InChI=1S/C12H10BrNO4/c1-17-10-5-7(4-9(13)11(10)15)3-8(6-14)12(16)18-2/h3-5,15H,1-2H3/b8-3+. The molecule has 1 aromatic rings. The summed E-state index contributed by atoms with van der Waals surface area (Å²) in [5, 5.41) is 18.4. The number of esters is 1. The van der Waals surface area contributed by atoms with Crippen LogP contribution < -0.4 is 4.74 Å². The summed E-state index contributed by atoms with van der Waals surface area (Å²) in [7, 11) is 2.60. The van der Waals surface area contributed by atoms with Crippen LogP contribution in [0.1, 0.15) is 5.56 Å². The van der Waals surface area contributed by atoms with Crippen LogP contribution in [-0.2, 0) is 9.53 Å². The molecule has 0 spiro atoms. The summed E-state index contributed by atoms with van der Waals surface area (Å²) in [6, 6.07) is 4.79. The average Bonchev–Trinajstić information content (AvgIpc) is 2.38. The molecule has 0 atom stereocenters. The molecule has 0 amide bonds. The monoisotopic (exact) mass is 311 g/mol. The number of hydrogen-bond acceptors (Lipinski definition) is 5. The summed E-state index contributed by atoms with van der Waals surface area (Å²) in [5.41, 5.74) is 0.385. The number of nitriles is 1. The van der Waals surface area contributed by atoms with E-state index >= 15 is 0 Å². The molecule has 1 N–H and O–H groups in total. The summed E-state index contributed by atoms with van der Waals surface area (Å²) >= 11 is 3.15. The molecule has 0 aromatic heterocycles. The van der Waals surface area contributed by atoms with Crippen LogP contribution in [0, 0.1) is 11.3 Å². The lowest BCUT2D eigenvalue weighted by molar-refractivity contribution is -0.135. The van der Waals surface area contributed by atoms with E-state index in [1.54, 1.807) is 12.1 Å². The van der Waals surface area contributed by atoms with Gasteiger partial charge in [-0.25, -0.2) is 4.79 Å². The van der Waals surface area contributed by atoms with Crippen LogP contribution in [0.4, 0.5) is 0 Å². The van der Waals surface area contributed by atoms with Crippen LogP contribution in [0.15, 0.2) is 22.2 Å². The first-order valence-corrected chi connectivity index (χ1v) is 5.59. The van der Waals surface area contributed by atoms with Crippen LogP contribution in [0.5, 0.6) is 11.5 Å². The minimum atomic E-state index is -0.722. The fourth-order valence-corrected chi connectivity index (χ4v) is 1.71. The Morgan fingerprint density at radius 3 is 2.67 bits per heavy atom. The van der Waals surface area contributed by atoms with Crippen LogP contribution in [-0.4, -0.2) is 25.3 Å². The van der Waals surface area contributed by atoms with Crippen molar-refractivity contribution in [1.29, 1.82) is 5.26 Å². The lowest BCUT2D eigenvalue weighted by Crippen LogP contribution is -2.02. The van der Waals surface area contributed by atoms with Gasteiger partial charge in [-0.1, -0.05) is 0 Å². The maximum absolute atomic E-state index is 11.2. The van der Waals surface area contributed by atoms with Crippen molar-refractivity contribution in [3.63, 3.8) is 0 Å². The van der Waals surface area contributed by atoms with Crippen molar-refractivity contribution in [2.45, 2.75) is 0 Å². The summed E-state index contributed by atoms with van der Waals surface area (Å²) in [6.07, 6.45) is 1.35. The molecule has 18 heavy (non-hydrogen) atoms. The number of benzene rings is 1. The number of aromatic hydroxyl groups is 1. The molecule has 0 bridgehead atoms. The van der Waals surface area contributed by atoms with E-state index in [1.807, 2.05) is 0 Å². The minimum Gasteiger partial charge on any atom is -0.503 e. The molecule has 0 saturated carbocycles. The van der Waals surface area contributed by atoms with E-state index in [0.29, 0.717) is 10.0 Å². The maximum atomic E-state index is 11.2. The molecule has 0 heterocycles. The summed E-state index contributed by atoms with van der Waals surface area (Å²) in [6.45, 7) is 0. The van der Waals surface area contributed by atoms with E-state index in [-0.39, 0.29) is 17.1 Å².